The maximum atomic E-state index is 12.8. The van der Waals surface area contributed by atoms with Gasteiger partial charge in [-0.2, -0.15) is 0 Å². The maximum Gasteiger partial charge on any atom is 0.336 e. The van der Waals surface area contributed by atoms with Gasteiger partial charge in [0.05, 0.1) is 12.2 Å². The first-order valence-electron chi connectivity index (χ1n) is 9.87. The highest BCUT2D eigenvalue weighted by molar-refractivity contribution is 5.92. The van der Waals surface area contributed by atoms with Crippen LogP contribution in [0.4, 0.5) is 5.69 Å². The Morgan fingerprint density at radius 2 is 1.93 bits per heavy atom. The first-order chi connectivity index (χ1) is 12.7. The van der Waals surface area contributed by atoms with Gasteiger partial charge in [-0.05, 0) is 61.8 Å². The average Bonchev–Trinajstić information content (AvgIpc) is 2.59. The second-order valence-electron chi connectivity index (χ2n) is 8.65. The zero-order chi connectivity index (χ0) is 19.8. The van der Waals surface area contributed by atoms with Gasteiger partial charge in [-0.15, -0.1) is 0 Å². The Morgan fingerprint density at radius 1 is 1.26 bits per heavy atom. The maximum absolute atomic E-state index is 12.8. The fraction of sp³-hybridized carbons (Fsp3) is 0.522. The number of rotatable bonds is 4. The molecule has 0 saturated carbocycles. The molecule has 4 heteroatoms. The van der Waals surface area contributed by atoms with Crippen molar-refractivity contribution in [3.8, 4) is 0 Å². The summed E-state index contributed by atoms with van der Waals surface area (Å²) in [7, 11) is 4.08. The van der Waals surface area contributed by atoms with Crippen LogP contribution >= 0.6 is 0 Å². The summed E-state index contributed by atoms with van der Waals surface area (Å²) in [4.78, 5) is 14.9. The minimum absolute atomic E-state index is 0.0207. The molecular weight excluding hydrogens is 336 g/mol. The highest BCUT2D eigenvalue weighted by atomic mass is 16.5. The summed E-state index contributed by atoms with van der Waals surface area (Å²) < 4.78 is 5.42. The number of esters is 1. The molecule has 0 fully saturated rings. The summed E-state index contributed by atoms with van der Waals surface area (Å²) >= 11 is 0. The van der Waals surface area contributed by atoms with E-state index in [1.54, 1.807) is 0 Å². The molecule has 1 N–H and O–H groups in total. The molecule has 0 spiro atoms. The first-order valence-corrected chi connectivity index (χ1v) is 9.87. The number of allylic oxidation sites excluding steroid dienone is 3. The Balaban J connectivity index is 2.08. The number of carbonyl (C=O) groups is 1. The van der Waals surface area contributed by atoms with E-state index in [0.717, 1.165) is 41.8 Å². The molecule has 1 aliphatic heterocycles. The van der Waals surface area contributed by atoms with Crippen molar-refractivity contribution in [2.45, 2.75) is 52.9 Å². The van der Waals surface area contributed by atoms with Gasteiger partial charge in [-0.25, -0.2) is 4.79 Å². The van der Waals surface area contributed by atoms with Crippen molar-refractivity contribution in [2.75, 3.05) is 25.6 Å². The van der Waals surface area contributed by atoms with E-state index in [1.807, 2.05) is 27.9 Å². The van der Waals surface area contributed by atoms with E-state index in [0.29, 0.717) is 6.61 Å². The Kier molecular flexibility index (Phi) is 5.36. The number of carbonyl (C=O) groups excluding carboxylic acids is 1. The van der Waals surface area contributed by atoms with Crippen molar-refractivity contribution in [3.05, 3.63) is 52.4 Å². The van der Waals surface area contributed by atoms with Gasteiger partial charge in [-0.1, -0.05) is 26.0 Å². The Morgan fingerprint density at radius 3 is 2.52 bits per heavy atom. The predicted octanol–water partition coefficient (Wildman–Crippen LogP) is 4.74. The molecule has 2 aliphatic rings. The zero-order valence-corrected chi connectivity index (χ0v) is 17.5. The quantitative estimate of drug-likeness (QED) is 0.780. The molecule has 0 radical (unpaired) electrons. The van der Waals surface area contributed by atoms with Crippen LogP contribution in [-0.4, -0.2) is 26.7 Å². The number of anilines is 1. The summed E-state index contributed by atoms with van der Waals surface area (Å²) in [6.45, 7) is 8.89. The van der Waals surface area contributed by atoms with E-state index in [1.165, 1.54) is 11.3 Å². The van der Waals surface area contributed by atoms with Crippen LogP contribution in [0.3, 0.4) is 0 Å². The molecule has 0 aromatic heterocycles. The van der Waals surface area contributed by atoms with Crippen LogP contribution in [0, 0.1) is 5.41 Å². The zero-order valence-electron chi connectivity index (χ0n) is 17.5. The van der Waals surface area contributed by atoms with E-state index < -0.39 is 0 Å². The Bertz CT molecular complexity index is 785. The summed E-state index contributed by atoms with van der Waals surface area (Å²) in [5, 5.41) is 3.54. The fourth-order valence-electron chi connectivity index (χ4n) is 4.24. The average molecular weight is 369 g/mol. The molecular formula is C23H32N2O2. The topological polar surface area (TPSA) is 41.6 Å². The minimum atomic E-state index is -0.208. The van der Waals surface area contributed by atoms with E-state index in [2.05, 4.69) is 48.3 Å². The van der Waals surface area contributed by atoms with Crippen molar-refractivity contribution >= 4 is 11.7 Å². The lowest BCUT2D eigenvalue weighted by Crippen LogP contribution is -2.34. The molecule has 0 bridgehead atoms. The van der Waals surface area contributed by atoms with Crippen molar-refractivity contribution in [1.82, 2.24) is 5.32 Å². The summed E-state index contributed by atoms with van der Waals surface area (Å²) in [5.74, 6) is -0.229. The van der Waals surface area contributed by atoms with Crippen LogP contribution < -0.4 is 10.2 Å². The second kappa shape index (κ2) is 7.41. The lowest BCUT2D eigenvalue weighted by molar-refractivity contribution is -0.138. The third kappa shape index (κ3) is 3.90. The van der Waals surface area contributed by atoms with Crippen LogP contribution in [0.5, 0.6) is 0 Å². The van der Waals surface area contributed by atoms with Gasteiger partial charge in [0.25, 0.3) is 0 Å². The normalized spacial score (nSPS) is 21.5. The number of nitrogens with one attached hydrogen (secondary N) is 1. The Labute approximate surface area is 163 Å². The number of hydrogen-bond donors (Lipinski definition) is 1. The van der Waals surface area contributed by atoms with Gasteiger partial charge >= 0.3 is 5.97 Å². The Hall–Kier alpha value is -2.23. The number of nitrogens with zero attached hydrogens (tertiary/aromatic N) is 1. The van der Waals surface area contributed by atoms with E-state index in [9.17, 15) is 4.79 Å². The SMILES string of the molecule is CCOC(=O)C1=C(C)NC2=C(CCC(C)(C)C2)C1c1ccc(N(C)C)cc1. The molecule has 1 unspecified atom stereocenters. The molecule has 1 aromatic rings. The van der Waals surface area contributed by atoms with Gasteiger partial charge in [0.15, 0.2) is 0 Å². The van der Waals surface area contributed by atoms with Crippen molar-refractivity contribution in [3.63, 3.8) is 0 Å². The van der Waals surface area contributed by atoms with Crippen LogP contribution in [-0.2, 0) is 9.53 Å². The van der Waals surface area contributed by atoms with Crippen LogP contribution in [0.15, 0.2) is 46.8 Å². The van der Waals surface area contributed by atoms with Crippen LogP contribution in [0.25, 0.3) is 0 Å². The van der Waals surface area contributed by atoms with E-state index in [-0.39, 0.29) is 17.3 Å². The standard InChI is InChI=1S/C23H32N2O2/c1-7-27-22(26)20-15(2)24-19-14-23(3,4)13-12-18(19)21(20)16-8-10-17(11-9-16)25(5)6/h8-11,21,24H,7,12-14H2,1-6H3. The van der Waals surface area contributed by atoms with Crippen LogP contribution in [0.1, 0.15) is 58.4 Å². The highest BCUT2D eigenvalue weighted by Gasteiger charge is 2.38. The van der Waals surface area contributed by atoms with Gasteiger partial charge < -0.3 is 15.0 Å². The van der Waals surface area contributed by atoms with Gasteiger partial charge in [0.2, 0.25) is 0 Å². The molecule has 146 valence electrons. The van der Waals surface area contributed by atoms with Crippen molar-refractivity contribution < 1.29 is 9.53 Å². The molecule has 1 heterocycles. The smallest absolute Gasteiger partial charge is 0.336 e. The second-order valence-corrected chi connectivity index (χ2v) is 8.65. The van der Waals surface area contributed by atoms with Gasteiger partial charge in [-0.3, -0.25) is 0 Å². The van der Waals surface area contributed by atoms with Gasteiger partial charge in [0, 0.05) is 37.1 Å². The molecule has 0 amide bonds. The first kappa shape index (κ1) is 19.5. The van der Waals surface area contributed by atoms with E-state index >= 15 is 0 Å². The third-order valence-corrected chi connectivity index (χ3v) is 5.73. The summed E-state index contributed by atoms with van der Waals surface area (Å²) in [5.41, 5.74) is 6.92. The summed E-state index contributed by atoms with van der Waals surface area (Å²) in [6.07, 6.45) is 3.16. The lowest BCUT2D eigenvalue weighted by atomic mass is 9.69. The largest absolute Gasteiger partial charge is 0.463 e. The van der Waals surface area contributed by atoms with Crippen LogP contribution in [0.2, 0.25) is 0 Å². The van der Waals surface area contributed by atoms with Crippen molar-refractivity contribution in [2.24, 2.45) is 5.41 Å². The molecule has 4 nitrogen and oxygen atoms in total. The lowest BCUT2D eigenvalue weighted by Gasteiger charge is -2.40. The summed E-state index contributed by atoms with van der Waals surface area (Å²) in [6, 6.07) is 8.56. The highest BCUT2D eigenvalue weighted by Crippen LogP contribution is 2.48. The minimum Gasteiger partial charge on any atom is -0.463 e. The number of benzene rings is 1. The van der Waals surface area contributed by atoms with E-state index in [4.69, 9.17) is 4.74 Å². The molecule has 1 aromatic carbocycles. The monoisotopic (exact) mass is 368 g/mol. The molecule has 0 saturated heterocycles. The number of dihydropyridines is 1. The molecule has 27 heavy (non-hydrogen) atoms. The number of ether oxygens (including phenoxy) is 1. The molecule has 1 atom stereocenters. The molecule has 1 aliphatic carbocycles. The predicted molar refractivity (Wildman–Crippen MR) is 111 cm³/mol. The third-order valence-electron chi connectivity index (χ3n) is 5.73. The fourth-order valence-corrected chi connectivity index (χ4v) is 4.24. The molecule has 3 rings (SSSR count). The van der Waals surface area contributed by atoms with Crippen molar-refractivity contribution in [1.29, 1.82) is 0 Å². The van der Waals surface area contributed by atoms with Gasteiger partial charge in [0.1, 0.15) is 0 Å². The number of hydrogen-bond acceptors (Lipinski definition) is 4.